The molecule has 106 valence electrons. The van der Waals surface area contributed by atoms with Gasteiger partial charge in [-0.3, -0.25) is 4.79 Å². The molecule has 0 atom stereocenters. The minimum Gasteiger partial charge on any atom is -0.352 e. The molecule has 4 nitrogen and oxygen atoms in total. The largest absolute Gasteiger partial charge is 0.352 e. The lowest BCUT2D eigenvalue weighted by molar-refractivity contribution is -0.120. The third kappa shape index (κ3) is 3.23. The van der Waals surface area contributed by atoms with Crippen LogP contribution in [0.1, 0.15) is 11.1 Å². The molecule has 5 heteroatoms. The van der Waals surface area contributed by atoms with Crippen LogP contribution in [-0.2, 0) is 17.8 Å². The molecule has 3 aromatic rings. The van der Waals surface area contributed by atoms with Crippen molar-refractivity contribution in [3.63, 3.8) is 0 Å². The fraction of sp³-hybridized carbons (Fsp3) is 0.125. The van der Waals surface area contributed by atoms with Crippen molar-refractivity contribution in [2.24, 2.45) is 0 Å². The van der Waals surface area contributed by atoms with Gasteiger partial charge in [0.25, 0.3) is 0 Å². The van der Waals surface area contributed by atoms with E-state index >= 15 is 0 Å². The number of rotatable bonds is 4. The lowest BCUT2D eigenvalue weighted by Crippen LogP contribution is -2.24. The van der Waals surface area contributed by atoms with Gasteiger partial charge in [0.15, 0.2) is 0 Å². The molecule has 0 aliphatic rings. The van der Waals surface area contributed by atoms with Crippen LogP contribution in [0.5, 0.6) is 0 Å². The summed E-state index contributed by atoms with van der Waals surface area (Å²) in [7, 11) is 0. The van der Waals surface area contributed by atoms with E-state index in [4.69, 9.17) is 11.6 Å². The van der Waals surface area contributed by atoms with Gasteiger partial charge in [-0.2, -0.15) is 0 Å². The molecule has 2 N–H and O–H groups in total. The molecule has 0 fully saturated rings. The summed E-state index contributed by atoms with van der Waals surface area (Å²) in [5.41, 5.74) is 2.76. The van der Waals surface area contributed by atoms with Crippen LogP contribution in [0.2, 0.25) is 5.02 Å². The Morgan fingerprint density at radius 2 is 2.19 bits per heavy atom. The van der Waals surface area contributed by atoms with Gasteiger partial charge in [0.2, 0.25) is 5.91 Å². The van der Waals surface area contributed by atoms with E-state index in [9.17, 15) is 4.79 Å². The summed E-state index contributed by atoms with van der Waals surface area (Å²) < 4.78 is 0. The van der Waals surface area contributed by atoms with Gasteiger partial charge < -0.3 is 10.3 Å². The van der Waals surface area contributed by atoms with E-state index in [0.717, 1.165) is 22.2 Å². The first-order valence-corrected chi connectivity index (χ1v) is 7.02. The number of H-pyrrole nitrogens is 1. The van der Waals surface area contributed by atoms with Crippen LogP contribution in [0.4, 0.5) is 0 Å². The van der Waals surface area contributed by atoms with Gasteiger partial charge in [-0.05, 0) is 35.4 Å². The van der Waals surface area contributed by atoms with Crippen molar-refractivity contribution < 1.29 is 4.79 Å². The van der Waals surface area contributed by atoms with Gasteiger partial charge in [-0.1, -0.05) is 23.7 Å². The number of nitrogens with zero attached hydrogens (tertiary/aromatic N) is 1. The summed E-state index contributed by atoms with van der Waals surface area (Å²) in [4.78, 5) is 19.3. The van der Waals surface area contributed by atoms with Crippen molar-refractivity contribution >= 4 is 28.5 Å². The molecule has 3 rings (SSSR count). The van der Waals surface area contributed by atoms with Crippen molar-refractivity contribution in [2.75, 3.05) is 0 Å². The Morgan fingerprint density at radius 1 is 1.29 bits per heavy atom. The molecule has 0 spiro atoms. The van der Waals surface area contributed by atoms with E-state index in [1.807, 2.05) is 30.5 Å². The van der Waals surface area contributed by atoms with Crippen molar-refractivity contribution in [1.29, 1.82) is 0 Å². The lowest BCUT2D eigenvalue weighted by Gasteiger charge is -2.05. The zero-order chi connectivity index (χ0) is 14.7. The summed E-state index contributed by atoms with van der Waals surface area (Å²) >= 11 is 5.91. The maximum Gasteiger partial charge on any atom is 0.224 e. The molecule has 0 bridgehead atoms. The number of aromatic amines is 1. The van der Waals surface area contributed by atoms with E-state index in [0.29, 0.717) is 18.0 Å². The van der Waals surface area contributed by atoms with E-state index in [1.54, 1.807) is 18.3 Å². The number of nitrogens with one attached hydrogen (secondary N) is 2. The average molecular weight is 300 g/mol. The van der Waals surface area contributed by atoms with Crippen LogP contribution < -0.4 is 5.32 Å². The molecule has 2 aromatic heterocycles. The second kappa shape index (κ2) is 5.97. The molecule has 0 unspecified atom stereocenters. The van der Waals surface area contributed by atoms with Crippen LogP contribution in [-0.4, -0.2) is 15.9 Å². The number of aromatic nitrogens is 2. The Balaban J connectivity index is 1.63. The Hall–Kier alpha value is -2.33. The highest BCUT2D eigenvalue weighted by Crippen LogP contribution is 2.15. The first kappa shape index (κ1) is 13.6. The van der Waals surface area contributed by atoms with Crippen molar-refractivity contribution in [2.45, 2.75) is 13.0 Å². The Bertz CT molecular complexity index is 782. The molecule has 2 heterocycles. The third-order valence-electron chi connectivity index (χ3n) is 3.27. The lowest BCUT2D eigenvalue weighted by atomic mass is 10.1. The van der Waals surface area contributed by atoms with E-state index < -0.39 is 0 Å². The number of halogens is 1. The standard InChI is InChI=1S/C16H14ClN3O/c17-13-4-1-3-11(7-13)8-15(21)19-9-12-10-20-16-14(12)5-2-6-18-16/h1-7,10H,8-9H2,(H,18,20)(H,19,21). The number of hydrogen-bond acceptors (Lipinski definition) is 2. The first-order valence-electron chi connectivity index (χ1n) is 6.64. The number of amides is 1. The summed E-state index contributed by atoms with van der Waals surface area (Å²) in [6, 6.07) is 11.2. The van der Waals surface area contributed by atoms with Gasteiger partial charge in [0, 0.05) is 29.3 Å². The monoisotopic (exact) mass is 299 g/mol. The number of benzene rings is 1. The van der Waals surface area contributed by atoms with E-state index in [2.05, 4.69) is 15.3 Å². The minimum absolute atomic E-state index is 0.0319. The second-order valence-electron chi connectivity index (χ2n) is 4.80. The number of pyridine rings is 1. The Kier molecular flexibility index (Phi) is 3.88. The van der Waals surface area contributed by atoms with Crippen LogP contribution in [0.15, 0.2) is 48.8 Å². The van der Waals surface area contributed by atoms with Crippen LogP contribution in [0, 0.1) is 0 Å². The van der Waals surface area contributed by atoms with Crippen molar-refractivity contribution in [3.8, 4) is 0 Å². The second-order valence-corrected chi connectivity index (χ2v) is 5.23. The molecule has 0 aliphatic heterocycles. The van der Waals surface area contributed by atoms with Crippen LogP contribution >= 0.6 is 11.6 Å². The molecular weight excluding hydrogens is 286 g/mol. The fourth-order valence-electron chi connectivity index (χ4n) is 2.25. The predicted molar refractivity (Wildman–Crippen MR) is 83.1 cm³/mol. The van der Waals surface area contributed by atoms with Gasteiger partial charge in [0.1, 0.15) is 5.65 Å². The highest BCUT2D eigenvalue weighted by Gasteiger charge is 2.07. The van der Waals surface area contributed by atoms with Gasteiger partial charge in [-0.25, -0.2) is 4.98 Å². The van der Waals surface area contributed by atoms with Crippen molar-refractivity contribution in [3.05, 3.63) is 64.9 Å². The number of hydrogen-bond donors (Lipinski definition) is 2. The topological polar surface area (TPSA) is 57.8 Å². The smallest absolute Gasteiger partial charge is 0.224 e. The zero-order valence-corrected chi connectivity index (χ0v) is 12.0. The first-order chi connectivity index (χ1) is 10.2. The summed E-state index contributed by atoms with van der Waals surface area (Å²) in [5, 5.41) is 4.59. The van der Waals surface area contributed by atoms with Crippen molar-refractivity contribution in [1.82, 2.24) is 15.3 Å². The number of carbonyl (C=O) groups is 1. The zero-order valence-electron chi connectivity index (χ0n) is 11.3. The quantitative estimate of drug-likeness (QED) is 0.778. The molecule has 0 aliphatic carbocycles. The predicted octanol–water partition coefficient (Wildman–Crippen LogP) is 3.08. The Morgan fingerprint density at radius 3 is 3.05 bits per heavy atom. The minimum atomic E-state index is -0.0319. The van der Waals surface area contributed by atoms with Gasteiger partial charge >= 0.3 is 0 Å². The molecule has 0 saturated heterocycles. The molecule has 0 saturated carbocycles. The fourth-order valence-corrected chi connectivity index (χ4v) is 2.46. The van der Waals surface area contributed by atoms with E-state index in [-0.39, 0.29) is 5.91 Å². The Labute approximate surface area is 127 Å². The molecule has 0 radical (unpaired) electrons. The highest BCUT2D eigenvalue weighted by atomic mass is 35.5. The number of fused-ring (bicyclic) bond motifs is 1. The third-order valence-corrected chi connectivity index (χ3v) is 3.50. The van der Waals surface area contributed by atoms with Gasteiger partial charge in [0.05, 0.1) is 6.42 Å². The molecule has 1 aromatic carbocycles. The summed E-state index contributed by atoms with van der Waals surface area (Å²) in [6.07, 6.45) is 3.93. The number of carbonyl (C=O) groups excluding carboxylic acids is 1. The van der Waals surface area contributed by atoms with Crippen LogP contribution in [0.3, 0.4) is 0 Å². The molecular formula is C16H14ClN3O. The normalized spacial score (nSPS) is 10.7. The molecule has 1 amide bonds. The van der Waals surface area contributed by atoms with Crippen LogP contribution in [0.25, 0.3) is 11.0 Å². The average Bonchev–Trinajstić information content (AvgIpc) is 2.88. The summed E-state index contributed by atoms with van der Waals surface area (Å²) in [6.45, 7) is 0.477. The highest BCUT2D eigenvalue weighted by molar-refractivity contribution is 6.30. The summed E-state index contributed by atoms with van der Waals surface area (Å²) in [5.74, 6) is -0.0319. The molecule has 21 heavy (non-hydrogen) atoms. The maximum absolute atomic E-state index is 12.0. The van der Waals surface area contributed by atoms with Gasteiger partial charge in [-0.15, -0.1) is 0 Å². The maximum atomic E-state index is 12.0. The van der Waals surface area contributed by atoms with E-state index in [1.165, 1.54) is 0 Å². The SMILES string of the molecule is O=C(Cc1cccc(Cl)c1)NCc1c[nH]c2ncccc12.